The molecule has 0 fully saturated rings. The number of nitrogens with one attached hydrogen (secondary N) is 2. The largest absolute Gasteiger partial charge is 0.497 e. The lowest BCUT2D eigenvalue weighted by molar-refractivity contribution is 0.102. The van der Waals surface area contributed by atoms with Gasteiger partial charge in [-0.15, -0.1) is 0 Å². The van der Waals surface area contributed by atoms with Gasteiger partial charge in [0.25, 0.3) is 5.91 Å². The first kappa shape index (κ1) is 19.1. The monoisotopic (exact) mass is 378 g/mol. The van der Waals surface area contributed by atoms with Crippen LogP contribution >= 0.6 is 0 Å². The highest BCUT2D eigenvalue weighted by molar-refractivity contribution is 6.04. The Kier molecular flexibility index (Phi) is 6.01. The zero-order valence-corrected chi connectivity index (χ0v) is 16.0. The van der Waals surface area contributed by atoms with E-state index >= 15 is 0 Å². The number of carbonyl (C=O) groups excluding carboxylic acids is 1. The third-order valence-electron chi connectivity index (χ3n) is 4.16. The number of rotatable bonds is 7. The highest BCUT2D eigenvalue weighted by Crippen LogP contribution is 2.31. The fraction of sp³-hybridized carbons (Fsp3) is 0.136. The first-order valence-electron chi connectivity index (χ1n) is 8.67. The Bertz CT molecular complexity index is 955. The highest BCUT2D eigenvalue weighted by Gasteiger charge is 2.08. The van der Waals surface area contributed by atoms with Crippen LogP contribution in [0.25, 0.3) is 0 Å². The quantitative estimate of drug-likeness (QED) is 0.623. The highest BCUT2D eigenvalue weighted by atomic mass is 16.5. The SMILES string of the molecule is COc1cccc(C(=O)Nc2ccc(Nc3ccc(OC)cc3OC)cc2)c1. The Hall–Kier alpha value is -3.67. The van der Waals surface area contributed by atoms with Crippen molar-refractivity contribution in [2.24, 2.45) is 0 Å². The normalized spacial score (nSPS) is 10.1. The van der Waals surface area contributed by atoms with Crippen molar-refractivity contribution in [2.75, 3.05) is 32.0 Å². The van der Waals surface area contributed by atoms with E-state index < -0.39 is 0 Å². The lowest BCUT2D eigenvalue weighted by Crippen LogP contribution is -2.11. The van der Waals surface area contributed by atoms with Gasteiger partial charge in [0, 0.05) is 23.0 Å². The van der Waals surface area contributed by atoms with Crippen molar-refractivity contribution in [1.29, 1.82) is 0 Å². The van der Waals surface area contributed by atoms with Crippen LogP contribution in [0.4, 0.5) is 17.1 Å². The number of anilines is 3. The van der Waals surface area contributed by atoms with E-state index in [9.17, 15) is 4.79 Å². The van der Waals surface area contributed by atoms with Crippen molar-refractivity contribution >= 4 is 23.0 Å². The number of carbonyl (C=O) groups is 1. The molecule has 6 heteroatoms. The van der Waals surface area contributed by atoms with Gasteiger partial charge in [-0.25, -0.2) is 0 Å². The summed E-state index contributed by atoms with van der Waals surface area (Å²) in [6.45, 7) is 0. The molecule has 6 nitrogen and oxygen atoms in total. The summed E-state index contributed by atoms with van der Waals surface area (Å²) >= 11 is 0. The minimum Gasteiger partial charge on any atom is -0.497 e. The average Bonchev–Trinajstić information content (AvgIpc) is 2.75. The lowest BCUT2D eigenvalue weighted by Gasteiger charge is -2.13. The van der Waals surface area contributed by atoms with Crippen molar-refractivity contribution in [3.63, 3.8) is 0 Å². The van der Waals surface area contributed by atoms with Gasteiger partial charge in [-0.05, 0) is 54.6 Å². The van der Waals surface area contributed by atoms with E-state index in [2.05, 4.69) is 10.6 Å². The zero-order valence-electron chi connectivity index (χ0n) is 16.0. The number of hydrogen-bond acceptors (Lipinski definition) is 5. The number of ether oxygens (including phenoxy) is 3. The molecule has 0 atom stereocenters. The predicted octanol–water partition coefficient (Wildman–Crippen LogP) is 4.71. The van der Waals surface area contributed by atoms with Crippen LogP contribution in [-0.4, -0.2) is 27.2 Å². The van der Waals surface area contributed by atoms with E-state index in [0.717, 1.165) is 17.1 Å². The topological polar surface area (TPSA) is 68.8 Å². The second-order valence-corrected chi connectivity index (χ2v) is 5.95. The molecule has 0 saturated heterocycles. The fourth-order valence-electron chi connectivity index (χ4n) is 2.66. The molecule has 0 aromatic heterocycles. The van der Waals surface area contributed by atoms with Crippen LogP contribution in [0.5, 0.6) is 17.2 Å². The molecule has 144 valence electrons. The van der Waals surface area contributed by atoms with Gasteiger partial charge in [-0.2, -0.15) is 0 Å². The minimum absolute atomic E-state index is 0.198. The summed E-state index contributed by atoms with van der Waals surface area (Å²) in [6.07, 6.45) is 0. The average molecular weight is 378 g/mol. The molecule has 0 aliphatic heterocycles. The summed E-state index contributed by atoms with van der Waals surface area (Å²) in [4.78, 5) is 12.4. The van der Waals surface area contributed by atoms with Gasteiger partial charge >= 0.3 is 0 Å². The molecule has 3 rings (SSSR count). The van der Waals surface area contributed by atoms with Crippen molar-refractivity contribution in [3.8, 4) is 17.2 Å². The van der Waals surface area contributed by atoms with Crippen LogP contribution < -0.4 is 24.8 Å². The Labute approximate surface area is 164 Å². The third-order valence-corrected chi connectivity index (χ3v) is 4.16. The van der Waals surface area contributed by atoms with Gasteiger partial charge in [0.15, 0.2) is 0 Å². The Morgan fingerprint density at radius 3 is 2.11 bits per heavy atom. The predicted molar refractivity (Wildman–Crippen MR) is 110 cm³/mol. The van der Waals surface area contributed by atoms with Gasteiger partial charge in [-0.1, -0.05) is 6.07 Å². The first-order chi connectivity index (χ1) is 13.6. The van der Waals surface area contributed by atoms with Gasteiger partial charge in [0.1, 0.15) is 17.2 Å². The summed E-state index contributed by atoms with van der Waals surface area (Å²) in [6, 6.07) is 20.0. The molecule has 3 aromatic rings. The molecule has 0 spiro atoms. The van der Waals surface area contributed by atoms with E-state index in [1.807, 2.05) is 42.5 Å². The van der Waals surface area contributed by atoms with E-state index in [4.69, 9.17) is 14.2 Å². The van der Waals surface area contributed by atoms with Crippen molar-refractivity contribution in [1.82, 2.24) is 0 Å². The van der Waals surface area contributed by atoms with Crippen LogP contribution in [-0.2, 0) is 0 Å². The molecule has 0 saturated carbocycles. The Morgan fingerprint density at radius 2 is 1.43 bits per heavy atom. The minimum atomic E-state index is -0.198. The standard InChI is InChI=1S/C22H22N2O4/c1-26-18-6-4-5-15(13-18)22(25)24-17-9-7-16(8-10-17)23-20-12-11-19(27-2)14-21(20)28-3/h4-14,23H,1-3H3,(H,24,25). The van der Waals surface area contributed by atoms with Crippen molar-refractivity contribution in [2.45, 2.75) is 0 Å². The number of methoxy groups -OCH3 is 3. The fourth-order valence-corrected chi connectivity index (χ4v) is 2.66. The molecule has 0 radical (unpaired) electrons. The summed E-state index contributed by atoms with van der Waals surface area (Å²) in [5.41, 5.74) is 2.91. The van der Waals surface area contributed by atoms with Crippen LogP contribution in [0.1, 0.15) is 10.4 Å². The zero-order chi connectivity index (χ0) is 19.9. The second kappa shape index (κ2) is 8.81. The molecule has 3 aromatic carbocycles. The molecule has 0 unspecified atom stereocenters. The molecule has 1 amide bonds. The number of hydrogen-bond donors (Lipinski definition) is 2. The smallest absolute Gasteiger partial charge is 0.255 e. The molecule has 0 heterocycles. The van der Waals surface area contributed by atoms with E-state index in [-0.39, 0.29) is 5.91 Å². The molecule has 0 bridgehead atoms. The van der Waals surface area contributed by atoms with Crippen LogP contribution in [0.3, 0.4) is 0 Å². The molecular formula is C22H22N2O4. The summed E-state index contributed by atoms with van der Waals surface area (Å²) < 4.78 is 15.8. The maximum atomic E-state index is 12.4. The van der Waals surface area contributed by atoms with E-state index in [1.54, 1.807) is 45.6 Å². The van der Waals surface area contributed by atoms with Gasteiger partial charge in [0.05, 0.1) is 27.0 Å². The number of benzene rings is 3. The van der Waals surface area contributed by atoms with E-state index in [1.165, 1.54) is 0 Å². The maximum absolute atomic E-state index is 12.4. The summed E-state index contributed by atoms with van der Waals surface area (Å²) in [5, 5.41) is 6.17. The first-order valence-corrected chi connectivity index (χ1v) is 8.67. The molecule has 28 heavy (non-hydrogen) atoms. The van der Waals surface area contributed by atoms with Crippen LogP contribution in [0, 0.1) is 0 Å². The number of amides is 1. The molecule has 0 aliphatic rings. The molecular weight excluding hydrogens is 356 g/mol. The Morgan fingerprint density at radius 1 is 0.750 bits per heavy atom. The van der Waals surface area contributed by atoms with Crippen molar-refractivity contribution in [3.05, 3.63) is 72.3 Å². The lowest BCUT2D eigenvalue weighted by atomic mass is 10.2. The van der Waals surface area contributed by atoms with E-state index in [0.29, 0.717) is 22.7 Å². The maximum Gasteiger partial charge on any atom is 0.255 e. The molecule has 0 aliphatic carbocycles. The third kappa shape index (κ3) is 4.54. The van der Waals surface area contributed by atoms with Gasteiger partial charge < -0.3 is 24.8 Å². The van der Waals surface area contributed by atoms with Crippen LogP contribution in [0.15, 0.2) is 66.7 Å². The van der Waals surface area contributed by atoms with Crippen molar-refractivity contribution < 1.29 is 19.0 Å². The van der Waals surface area contributed by atoms with Gasteiger partial charge in [0.2, 0.25) is 0 Å². The second-order valence-electron chi connectivity index (χ2n) is 5.95. The Balaban J connectivity index is 1.69. The molecule has 2 N–H and O–H groups in total. The summed E-state index contributed by atoms with van der Waals surface area (Å²) in [5.74, 6) is 1.84. The summed E-state index contributed by atoms with van der Waals surface area (Å²) in [7, 11) is 4.79. The van der Waals surface area contributed by atoms with Gasteiger partial charge in [-0.3, -0.25) is 4.79 Å². The van der Waals surface area contributed by atoms with Crippen LogP contribution in [0.2, 0.25) is 0 Å².